The fourth-order valence-electron chi connectivity index (χ4n) is 3.86. The lowest BCUT2D eigenvalue weighted by atomic mass is 9.99. The van der Waals surface area contributed by atoms with Crippen molar-refractivity contribution in [1.29, 1.82) is 0 Å². The largest absolute Gasteiger partial charge is 0.464 e. The minimum atomic E-state index is -0.858. The Kier molecular flexibility index (Phi) is 10.2. The summed E-state index contributed by atoms with van der Waals surface area (Å²) in [5.74, 6) is -0.451. The molecular formula is C31H36N2O5. The molecule has 0 spiro atoms. The molecule has 0 heterocycles. The highest BCUT2D eigenvalue weighted by Gasteiger charge is 2.25. The van der Waals surface area contributed by atoms with Crippen molar-refractivity contribution in [1.82, 2.24) is 10.6 Å². The third-order valence-corrected chi connectivity index (χ3v) is 5.63. The first-order chi connectivity index (χ1) is 18.1. The summed E-state index contributed by atoms with van der Waals surface area (Å²) in [6.45, 7) is 8.07. The fourth-order valence-corrected chi connectivity index (χ4v) is 3.86. The minimum Gasteiger partial charge on any atom is -0.464 e. The van der Waals surface area contributed by atoms with Gasteiger partial charge in [0.15, 0.2) is 5.78 Å². The van der Waals surface area contributed by atoms with Crippen LogP contribution in [-0.2, 0) is 27.2 Å². The smallest absolute Gasteiger partial charge is 0.408 e. The third-order valence-electron chi connectivity index (χ3n) is 5.63. The van der Waals surface area contributed by atoms with Gasteiger partial charge in [-0.1, -0.05) is 72.8 Å². The number of benzene rings is 3. The van der Waals surface area contributed by atoms with E-state index < -0.39 is 23.7 Å². The molecule has 3 rings (SSSR count). The van der Waals surface area contributed by atoms with Gasteiger partial charge in [-0.25, -0.2) is 9.59 Å². The number of amides is 1. The molecule has 0 fully saturated rings. The first kappa shape index (κ1) is 28.6. The Morgan fingerprint density at radius 3 is 2.21 bits per heavy atom. The van der Waals surface area contributed by atoms with Crippen molar-refractivity contribution in [3.63, 3.8) is 0 Å². The Morgan fingerprint density at radius 1 is 0.842 bits per heavy atom. The summed E-state index contributed by atoms with van der Waals surface area (Å²) in [6, 6.07) is 24.3. The van der Waals surface area contributed by atoms with Crippen molar-refractivity contribution in [3.05, 3.63) is 95.6 Å². The van der Waals surface area contributed by atoms with E-state index in [0.29, 0.717) is 12.1 Å². The lowest BCUT2D eigenvalue weighted by Crippen LogP contribution is -2.45. The quantitative estimate of drug-likeness (QED) is 0.265. The zero-order valence-electron chi connectivity index (χ0n) is 22.5. The molecule has 3 aromatic rings. The number of carbonyl (C=O) groups excluding carboxylic acids is 3. The van der Waals surface area contributed by atoms with Crippen LogP contribution in [0, 0.1) is 0 Å². The topological polar surface area (TPSA) is 93.7 Å². The molecule has 0 saturated carbocycles. The molecule has 2 N–H and O–H groups in total. The molecule has 0 bridgehead atoms. The number of ketones is 1. The van der Waals surface area contributed by atoms with Crippen molar-refractivity contribution in [3.8, 4) is 11.1 Å². The molecule has 1 atom stereocenters. The van der Waals surface area contributed by atoms with Crippen LogP contribution in [0.4, 0.5) is 4.79 Å². The summed E-state index contributed by atoms with van der Waals surface area (Å²) in [5, 5.41) is 5.85. The molecule has 0 aliphatic heterocycles. The second-order valence-electron chi connectivity index (χ2n) is 9.95. The summed E-state index contributed by atoms with van der Waals surface area (Å²) in [5.41, 5.74) is 4.02. The number of nitrogens with one attached hydrogen (secondary N) is 2. The first-order valence-electron chi connectivity index (χ1n) is 12.8. The minimum absolute atomic E-state index is 0.0552. The predicted octanol–water partition coefficient (Wildman–Crippen LogP) is 5.33. The monoisotopic (exact) mass is 516 g/mol. The predicted molar refractivity (Wildman–Crippen MR) is 148 cm³/mol. The average molecular weight is 517 g/mol. The number of hydrogen-bond donors (Lipinski definition) is 2. The first-order valence-corrected chi connectivity index (χ1v) is 12.8. The molecule has 0 saturated heterocycles. The van der Waals surface area contributed by atoms with Crippen LogP contribution in [0.25, 0.3) is 11.1 Å². The van der Waals surface area contributed by atoms with E-state index in [4.69, 9.17) is 9.47 Å². The zero-order chi connectivity index (χ0) is 27.5. The Morgan fingerprint density at radius 2 is 1.55 bits per heavy atom. The number of rotatable bonds is 11. The van der Waals surface area contributed by atoms with E-state index in [0.717, 1.165) is 22.3 Å². The van der Waals surface area contributed by atoms with Gasteiger partial charge in [0.2, 0.25) is 0 Å². The molecule has 7 nitrogen and oxygen atoms in total. The van der Waals surface area contributed by atoms with Gasteiger partial charge in [0, 0.05) is 18.5 Å². The summed E-state index contributed by atoms with van der Waals surface area (Å²) in [4.78, 5) is 37.0. The number of ether oxygens (including phenoxy) is 2. The van der Waals surface area contributed by atoms with E-state index in [1.54, 1.807) is 27.7 Å². The van der Waals surface area contributed by atoms with Crippen LogP contribution in [0.3, 0.4) is 0 Å². The van der Waals surface area contributed by atoms with E-state index >= 15 is 0 Å². The summed E-state index contributed by atoms with van der Waals surface area (Å²) < 4.78 is 10.5. The van der Waals surface area contributed by atoms with Crippen LogP contribution >= 0.6 is 0 Å². The Balaban J connectivity index is 1.62. The second-order valence-corrected chi connectivity index (χ2v) is 9.95. The SMILES string of the molecule is CCOC(=O)[C@H](Cc1ccc(-c2cccc(CNCC(=O)c3ccccc3)c2)cc1)NC(=O)OC(C)(C)C. The van der Waals surface area contributed by atoms with Gasteiger partial charge in [0.05, 0.1) is 13.2 Å². The molecule has 0 aromatic heterocycles. The van der Waals surface area contributed by atoms with Gasteiger partial charge in [-0.05, 0) is 56.0 Å². The van der Waals surface area contributed by atoms with E-state index in [9.17, 15) is 14.4 Å². The van der Waals surface area contributed by atoms with Gasteiger partial charge in [-0.3, -0.25) is 4.79 Å². The Bertz CT molecular complexity index is 1220. The van der Waals surface area contributed by atoms with Gasteiger partial charge < -0.3 is 20.1 Å². The lowest BCUT2D eigenvalue weighted by molar-refractivity contribution is -0.145. The third kappa shape index (κ3) is 9.16. The Labute approximate surface area is 224 Å². The molecule has 0 radical (unpaired) electrons. The van der Waals surface area contributed by atoms with Crippen LogP contribution in [0.1, 0.15) is 49.2 Å². The van der Waals surface area contributed by atoms with Gasteiger partial charge in [0.25, 0.3) is 0 Å². The molecule has 200 valence electrons. The number of carbonyl (C=O) groups is 3. The average Bonchev–Trinajstić information content (AvgIpc) is 2.88. The number of alkyl carbamates (subject to hydrolysis) is 1. The molecule has 7 heteroatoms. The van der Waals surface area contributed by atoms with Crippen LogP contribution in [0.2, 0.25) is 0 Å². The van der Waals surface area contributed by atoms with Gasteiger partial charge in [-0.2, -0.15) is 0 Å². The highest BCUT2D eigenvalue weighted by Crippen LogP contribution is 2.22. The van der Waals surface area contributed by atoms with Crippen molar-refractivity contribution in [2.24, 2.45) is 0 Å². The van der Waals surface area contributed by atoms with Crippen LogP contribution < -0.4 is 10.6 Å². The summed E-state index contributed by atoms with van der Waals surface area (Å²) in [6.07, 6.45) is -0.388. The summed E-state index contributed by atoms with van der Waals surface area (Å²) >= 11 is 0. The van der Waals surface area contributed by atoms with E-state index in [1.807, 2.05) is 72.8 Å². The van der Waals surface area contributed by atoms with E-state index in [-0.39, 0.29) is 25.4 Å². The standard InChI is InChI=1S/C31H36N2O5/c1-5-37-29(35)27(33-30(36)38-31(2,3)4)19-22-14-16-24(17-15-22)26-13-9-10-23(18-26)20-32-21-28(34)25-11-7-6-8-12-25/h6-18,27,32H,5,19-21H2,1-4H3,(H,33,36)/t27-/m0/s1. The van der Waals surface area contributed by atoms with E-state index in [2.05, 4.69) is 16.7 Å². The normalized spacial score (nSPS) is 11.9. The van der Waals surface area contributed by atoms with E-state index in [1.165, 1.54) is 0 Å². The summed E-state index contributed by atoms with van der Waals surface area (Å²) in [7, 11) is 0. The molecular weight excluding hydrogens is 480 g/mol. The second kappa shape index (κ2) is 13.5. The molecule has 3 aromatic carbocycles. The molecule has 0 aliphatic carbocycles. The van der Waals surface area contributed by atoms with Crippen LogP contribution in [0.15, 0.2) is 78.9 Å². The van der Waals surface area contributed by atoms with Crippen LogP contribution in [-0.4, -0.2) is 42.6 Å². The maximum absolute atomic E-state index is 12.5. The van der Waals surface area contributed by atoms with Crippen molar-refractivity contribution in [2.45, 2.75) is 52.3 Å². The molecule has 1 amide bonds. The van der Waals surface area contributed by atoms with Crippen LogP contribution in [0.5, 0.6) is 0 Å². The highest BCUT2D eigenvalue weighted by molar-refractivity contribution is 5.97. The van der Waals surface area contributed by atoms with Gasteiger partial charge >= 0.3 is 12.1 Å². The number of esters is 1. The zero-order valence-corrected chi connectivity index (χ0v) is 22.5. The highest BCUT2D eigenvalue weighted by atomic mass is 16.6. The molecule has 0 aliphatic rings. The van der Waals surface area contributed by atoms with Crippen molar-refractivity contribution >= 4 is 17.8 Å². The number of hydrogen-bond acceptors (Lipinski definition) is 6. The number of Topliss-reactive ketones (excluding diaryl/α,β-unsaturated/α-hetero) is 1. The van der Waals surface area contributed by atoms with Gasteiger partial charge in [-0.15, -0.1) is 0 Å². The maximum Gasteiger partial charge on any atom is 0.408 e. The van der Waals surface area contributed by atoms with Gasteiger partial charge in [0.1, 0.15) is 11.6 Å². The molecule has 38 heavy (non-hydrogen) atoms. The Hall–Kier alpha value is -3.97. The van der Waals surface area contributed by atoms with Crippen molar-refractivity contribution < 1.29 is 23.9 Å². The fraction of sp³-hybridized carbons (Fsp3) is 0.323. The van der Waals surface area contributed by atoms with Crippen molar-refractivity contribution in [2.75, 3.05) is 13.2 Å². The maximum atomic E-state index is 12.5. The molecule has 0 unspecified atom stereocenters. The lowest BCUT2D eigenvalue weighted by Gasteiger charge is -2.23.